The van der Waals surface area contributed by atoms with Crippen molar-refractivity contribution in [1.82, 2.24) is 4.98 Å². The van der Waals surface area contributed by atoms with Crippen molar-refractivity contribution in [2.24, 2.45) is 5.92 Å². The average Bonchev–Trinajstić information content (AvgIpc) is 2.92. The van der Waals surface area contributed by atoms with Gasteiger partial charge in [-0.25, -0.2) is 9.78 Å². The summed E-state index contributed by atoms with van der Waals surface area (Å²) in [5.74, 6) is -1.16. The second-order valence-corrected chi connectivity index (χ2v) is 6.26. The van der Waals surface area contributed by atoms with Gasteiger partial charge >= 0.3 is 5.97 Å². The van der Waals surface area contributed by atoms with Crippen LogP contribution in [0.3, 0.4) is 0 Å². The Morgan fingerprint density at radius 1 is 1.50 bits per heavy atom. The van der Waals surface area contributed by atoms with Gasteiger partial charge in [-0.05, 0) is 12.8 Å². The van der Waals surface area contributed by atoms with Crippen LogP contribution in [0.15, 0.2) is 17.5 Å². The predicted molar refractivity (Wildman–Crippen MR) is 83.7 cm³/mol. The number of thiazole rings is 1. The lowest BCUT2D eigenvalue weighted by molar-refractivity contribution is -0.137. The van der Waals surface area contributed by atoms with Gasteiger partial charge in [-0.15, -0.1) is 11.3 Å². The van der Waals surface area contributed by atoms with Crippen molar-refractivity contribution >= 4 is 28.3 Å². The van der Waals surface area contributed by atoms with E-state index in [4.69, 9.17) is 4.74 Å². The fourth-order valence-electron chi connectivity index (χ4n) is 2.90. The first-order chi connectivity index (χ1) is 10.4. The molecule has 0 aliphatic heterocycles. The van der Waals surface area contributed by atoms with Crippen molar-refractivity contribution < 1.29 is 19.4 Å². The number of ether oxygens (including phenoxy) is 1. The first-order valence-electron chi connectivity index (χ1n) is 7.12. The maximum absolute atomic E-state index is 11.8. The van der Waals surface area contributed by atoms with Gasteiger partial charge in [0.25, 0.3) is 0 Å². The molecule has 3 atom stereocenters. The molecule has 1 heterocycles. The Kier molecular flexibility index (Phi) is 5.31. The molecule has 1 aliphatic rings. The molecule has 1 amide bonds. The maximum Gasteiger partial charge on any atom is 0.333 e. The summed E-state index contributed by atoms with van der Waals surface area (Å²) in [5.41, 5.74) is 1.04. The van der Waals surface area contributed by atoms with Crippen LogP contribution in [0.4, 0.5) is 5.13 Å². The fourth-order valence-corrected chi connectivity index (χ4v) is 3.70. The molecule has 6 nitrogen and oxygen atoms in total. The van der Waals surface area contributed by atoms with Crippen molar-refractivity contribution in [2.75, 3.05) is 12.4 Å². The molecule has 2 N–H and O–H groups in total. The molecule has 1 saturated carbocycles. The highest BCUT2D eigenvalue weighted by atomic mass is 32.1. The number of anilines is 1. The number of aromatic nitrogens is 1. The third kappa shape index (κ3) is 3.53. The van der Waals surface area contributed by atoms with Crippen LogP contribution in [0.1, 0.15) is 37.8 Å². The van der Waals surface area contributed by atoms with E-state index in [9.17, 15) is 14.7 Å². The summed E-state index contributed by atoms with van der Waals surface area (Å²) in [5, 5.41) is 15.3. The zero-order chi connectivity index (χ0) is 16.3. The van der Waals surface area contributed by atoms with Gasteiger partial charge in [-0.1, -0.05) is 13.0 Å². The minimum absolute atomic E-state index is 0.194. The van der Waals surface area contributed by atoms with Crippen LogP contribution in [0.25, 0.3) is 0 Å². The number of esters is 1. The number of amides is 1. The maximum atomic E-state index is 11.8. The van der Waals surface area contributed by atoms with E-state index in [1.54, 1.807) is 0 Å². The number of aliphatic hydroxyl groups is 1. The standard InChI is InChI=1S/C15H20N2O4S/c1-8(14(20)21-3)10-5-4-6-12(19)13(10)11-7-22-15(17-11)16-9(2)18/h7,10,12-13,19H,1,4-6H2,2-3H3,(H,16,17,18). The van der Waals surface area contributed by atoms with E-state index in [0.29, 0.717) is 22.8 Å². The van der Waals surface area contributed by atoms with Gasteiger partial charge in [0, 0.05) is 29.7 Å². The lowest BCUT2D eigenvalue weighted by Crippen LogP contribution is -2.33. The van der Waals surface area contributed by atoms with Crippen LogP contribution >= 0.6 is 11.3 Å². The van der Waals surface area contributed by atoms with Crippen LogP contribution in [-0.2, 0) is 14.3 Å². The summed E-state index contributed by atoms with van der Waals surface area (Å²) in [6.07, 6.45) is 1.64. The monoisotopic (exact) mass is 324 g/mol. The molecule has 0 radical (unpaired) electrons. The smallest absolute Gasteiger partial charge is 0.333 e. The summed E-state index contributed by atoms with van der Waals surface area (Å²) in [6, 6.07) is 0. The molecule has 120 valence electrons. The van der Waals surface area contributed by atoms with E-state index in [1.807, 2.05) is 5.38 Å². The number of rotatable bonds is 4. The molecule has 0 aromatic carbocycles. The number of aliphatic hydroxyl groups excluding tert-OH is 1. The van der Waals surface area contributed by atoms with Crippen molar-refractivity contribution in [3.63, 3.8) is 0 Å². The molecule has 1 aliphatic carbocycles. The Morgan fingerprint density at radius 2 is 2.23 bits per heavy atom. The Hall–Kier alpha value is -1.73. The fraction of sp³-hybridized carbons (Fsp3) is 0.533. The molecule has 1 fully saturated rings. The van der Waals surface area contributed by atoms with E-state index in [-0.39, 0.29) is 17.7 Å². The van der Waals surface area contributed by atoms with Crippen molar-refractivity contribution in [3.05, 3.63) is 23.2 Å². The zero-order valence-electron chi connectivity index (χ0n) is 12.7. The number of hydrogen-bond donors (Lipinski definition) is 2. The van der Waals surface area contributed by atoms with Crippen LogP contribution in [0, 0.1) is 5.92 Å². The molecular weight excluding hydrogens is 304 g/mol. The third-order valence-electron chi connectivity index (χ3n) is 3.90. The number of hydrogen-bond acceptors (Lipinski definition) is 6. The molecule has 7 heteroatoms. The van der Waals surface area contributed by atoms with Crippen LogP contribution < -0.4 is 5.32 Å². The molecule has 2 rings (SSSR count). The molecule has 0 saturated heterocycles. The summed E-state index contributed by atoms with van der Waals surface area (Å²) >= 11 is 1.30. The molecule has 3 unspecified atom stereocenters. The van der Waals surface area contributed by atoms with Gasteiger partial charge in [0.05, 0.1) is 18.9 Å². The van der Waals surface area contributed by atoms with Crippen LogP contribution in [0.2, 0.25) is 0 Å². The van der Waals surface area contributed by atoms with Gasteiger partial charge < -0.3 is 15.2 Å². The molecule has 22 heavy (non-hydrogen) atoms. The highest BCUT2D eigenvalue weighted by Crippen LogP contribution is 2.42. The Bertz CT molecular complexity index is 584. The van der Waals surface area contributed by atoms with Gasteiger partial charge in [0.1, 0.15) is 0 Å². The Balaban J connectivity index is 2.26. The first-order valence-corrected chi connectivity index (χ1v) is 8.00. The Morgan fingerprint density at radius 3 is 2.86 bits per heavy atom. The molecule has 0 bridgehead atoms. The predicted octanol–water partition coefficient (Wildman–Crippen LogP) is 2.08. The van der Waals surface area contributed by atoms with Gasteiger partial charge in [-0.3, -0.25) is 4.79 Å². The largest absolute Gasteiger partial charge is 0.466 e. The van der Waals surface area contributed by atoms with Gasteiger partial charge in [-0.2, -0.15) is 0 Å². The van der Waals surface area contributed by atoms with E-state index < -0.39 is 12.1 Å². The second kappa shape index (κ2) is 7.02. The number of carbonyl (C=O) groups excluding carboxylic acids is 2. The van der Waals surface area contributed by atoms with E-state index in [1.165, 1.54) is 25.4 Å². The minimum atomic E-state index is -0.590. The van der Waals surface area contributed by atoms with Crippen LogP contribution in [-0.4, -0.2) is 35.2 Å². The quantitative estimate of drug-likeness (QED) is 0.654. The summed E-state index contributed by atoms with van der Waals surface area (Å²) in [4.78, 5) is 27.2. The summed E-state index contributed by atoms with van der Waals surface area (Å²) in [7, 11) is 1.32. The van der Waals surface area contributed by atoms with Crippen molar-refractivity contribution in [1.29, 1.82) is 0 Å². The minimum Gasteiger partial charge on any atom is -0.466 e. The lowest BCUT2D eigenvalue weighted by Gasteiger charge is -2.34. The zero-order valence-corrected chi connectivity index (χ0v) is 13.5. The number of carbonyl (C=O) groups is 2. The van der Waals surface area contributed by atoms with E-state index in [0.717, 1.165) is 12.8 Å². The number of methoxy groups -OCH3 is 1. The topological polar surface area (TPSA) is 88.5 Å². The summed E-state index contributed by atoms with van der Waals surface area (Å²) in [6.45, 7) is 5.25. The van der Waals surface area contributed by atoms with Crippen molar-refractivity contribution in [3.8, 4) is 0 Å². The highest BCUT2D eigenvalue weighted by molar-refractivity contribution is 7.13. The third-order valence-corrected chi connectivity index (χ3v) is 4.68. The lowest BCUT2D eigenvalue weighted by atomic mass is 9.72. The average molecular weight is 324 g/mol. The van der Waals surface area contributed by atoms with E-state index in [2.05, 4.69) is 16.9 Å². The number of nitrogens with one attached hydrogen (secondary N) is 1. The molecule has 1 aromatic rings. The van der Waals surface area contributed by atoms with Gasteiger partial charge in [0.15, 0.2) is 5.13 Å². The normalized spacial score (nSPS) is 24.6. The second-order valence-electron chi connectivity index (χ2n) is 5.41. The van der Waals surface area contributed by atoms with Crippen LogP contribution in [0.5, 0.6) is 0 Å². The molecular formula is C15H20N2O4S. The number of nitrogens with zero attached hydrogens (tertiary/aromatic N) is 1. The summed E-state index contributed by atoms with van der Waals surface area (Å²) < 4.78 is 4.75. The highest BCUT2D eigenvalue weighted by Gasteiger charge is 2.38. The van der Waals surface area contributed by atoms with Gasteiger partial charge in [0.2, 0.25) is 5.91 Å². The molecule has 0 spiro atoms. The SMILES string of the molecule is C=C(C(=O)OC)C1CCCC(O)C1c1csc(NC(C)=O)n1. The molecule has 1 aromatic heterocycles. The van der Waals surface area contributed by atoms with E-state index >= 15 is 0 Å². The Labute approximate surface area is 133 Å². The van der Waals surface area contributed by atoms with Crippen molar-refractivity contribution in [2.45, 2.75) is 38.2 Å². The first kappa shape index (κ1) is 16.6.